The highest BCUT2D eigenvalue weighted by Crippen LogP contribution is 2.23. The number of rotatable bonds is 2. The summed E-state index contributed by atoms with van der Waals surface area (Å²) in [5.74, 6) is 0.564. The molecule has 0 bridgehead atoms. The van der Waals surface area contributed by atoms with Crippen molar-refractivity contribution in [3.63, 3.8) is 0 Å². The molecule has 2 heterocycles. The third kappa shape index (κ3) is 2.69. The van der Waals surface area contributed by atoms with Gasteiger partial charge in [-0.1, -0.05) is 29.3 Å². The summed E-state index contributed by atoms with van der Waals surface area (Å²) in [7, 11) is 0. The summed E-state index contributed by atoms with van der Waals surface area (Å²) in [6.07, 6.45) is 0.889. The molecular weight excluding hydrogens is 260 g/mol. The van der Waals surface area contributed by atoms with Gasteiger partial charge in [-0.3, -0.25) is 0 Å². The second kappa shape index (κ2) is 5.15. The Morgan fingerprint density at radius 3 is 2.79 bits per heavy atom. The lowest BCUT2D eigenvalue weighted by molar-refractivity contribution is 0.627. The number of anilines is 2. The number of aryl methyl sites for hydroxylation is 1. The van der Waals surface area contributed by atoms with Gasteiger partial charge in [0.1, 0.15) is 5.15 Å². The third-order valence-electron chi connectivity index (χ3n) is 3.19. The van der Waals surface area contributed by atoms with Crippen molar-refractivity contribution in [2.75, 3.05) is 11.9 Å². The first-order valence-corrected chi connectivity index (χ1v) is 6.70. The molecule has 98 valence electrons. The molecule has 1 aliphatic heterocycles. The number of hydrogen-bond donors (Lipinski definition) is 2. The molecule has 2 N–H and O–H groups in total. The molecule has 19 heavy (non-hydrogen) atoms. The number of benzene rings is 1. The molecule has 5 heteroatoms. The van der Waals surface area contributed by atoms with Crippen LogP contribution >= 0.6 is 11.6 Å². The van der Waals surface area contributed by atoms with Crippen molar-refractivity contribution in [3.05, 3.63) is 46.2 Å². The van der Waals surface area contributed by atoms with Gasteiger partial charge in [0, 0.05) is 30.8 Å². The average molecular weight is 275 g/mol. The van der Waals surface area contributed by atoms with Gasteiger partial charge in [0.05, 0.1) is 5.69 Å². The maximum absolute atomic E-state index is 6.21. The maximum atomic E-state index is 6.21. The van der Waals surface area contributed by atoms with Gasteiger partial charge in [0.15, 0.2) is 0 Å². The van der Waals surface area contributed by atoms with E-state index in [0.29, 0.717) is 11.1 Å². The summed E-state index contributed by atoms with van der Waals surface area (Å²) < 4.78 is 0. The average Bonchev–Trinajstić information content (AvgIpc) is 2.42. The van der Waals surface area contributed by atoms with Gasteiger partial charge in [-0.15, -0.1) is 0 Å². The molecule has 0 atom stereocenters. The van der Waals surface area contributed by atoms with Crippen LogP contribution in [0.2, 0.25) is 5.15 Å². The van der Waals surface area contributed by atoms with E-state index in [9.17, 15) is 0 Å². The van der Waals surface area contributed by atoms with E-state index in [2.05, 4.69) is 27.5 Å². The Bertz CT molecular complexity index is 595. The van der Waals surface area contributed by atoms with Crippen molar-refractivity contribution in [2.24, 2.45) is 0 Å². The van der Waals surface area contributed by atoms with Crippen LogP contribution in [-0.2, 0) is 13.0 Å². The van der Waals surface area contributed by atoms with Crippen LogP contribution in [-0.4, -0.2) is 16.5 Å². The number of hydrogen-bond acceptors (Lipinski definition) is 4. The molecule has 0 saturated heterocycles. The van der Waals surface area contributed by atoms with E-state index >= 15 is 0 Å². The first kappa shape index (κ1) is 12.4. The lowest BCUT2D eigenvalue weighted by Gasteiger charge is -2.18. The van der Waals surface area contributed by atoms with Crippen LogP contribution in [0.15, 0.2) is 24.3 Å². The zero-order chi connectivity index (χ0) is 13.2. The molecule has 0 radical (unpaired) electrons. The molecule has 0 aliphatic carbocycles. The summed E-state index contributed by atoms with van der Waals surface area (Å²) in [6, 6.07) is 8.11. The Morgan fingerprint density at radius 2 is 2.00 bits per heavy atom. The third-order valence-corrected chi connectivity index (χ3v) is 3.50. The fraction of sp³-hybridized carbons (Fsp3) is 0.286. The summed E-state index contributed by atoms with van der Waals surface area (Å²) in [5, 5.41) is 7.00. The van der Waals surface area contributed by atoms with Crippen molar-refractivity contribution >= 4 is 23.2 Å². The van der Waals surface area contributed by atoms with Crippen LogP contribution < -0.4 is 10.6 Å². The van der Waals surface area contributed by atoms with E-state index in [-0.39, 0.29) is 0 Å². The van der Waals surface area contributed by atoms with E-state index in [1.165, 1.54) is 5.56 Å². The molecule has 0 amide bonds. The maximum Gasteiger partial charge on any atom is 0.228 e. The van der Waals surface area contributed by atoms with Crippen LogP contribution in [0.5, 0.6) is 0 Å². The second-order valence-electron chi connectivity index (χ2n) is 4.68. The molecule has 1 aliphatic rings. The summed E-state index contributed by atoms with van der Waals surface area (Å²) in [4.78, 5) is 8.85. The lowest BCUT2D eigenvalue weighted by atomic mass is 10.1. The molecular formula is C14H15ClN4. The number of nitrogens with one attached hydrogen (secondary N) is 2. The minimum atomic E-state index is 0.534. The van der Waals surface area contributed by atoms with Gasteiger partial charge in [-0.05, 0) is 19.1 Å². The van der Waals surface area contributed by atoms with Crippen LogP contribution in [0, 0.1) is 6.92 Å². The number of nitrogens with zero attached hydrogens (tertiary/aromatic N) is 2. The Morgan fingerprint density at radius 1 is 1.21 bits per heavy atom. The van der Waals surface area contributed by atoms with Gasteiger partial charge in [0.25, 0.3) is 0 Å². The monoisotopic (exact) mass is 274 g/mol. The highest BCUT2D eigenvalue weighted by molar-refractivity contribution is 6.30. The number of aromatic nitrogens is 2. The first-order chi connectivity index (χ1) is 9.22. The van der Waals surface area contributed by atoms with Crippen molar-refractivity contribution in [1.29, 1.82) is 0 Å². The Kier molecular flexibility index (Phi) is 3.36. The van der Waals surface area contributed by atoms with Crippen LogP contribution in [0.4, 0.5) is 11.6 Å². The standard InChI is InChI=1S/C14H15ClN4/c1-9-2-4-10(5-3-9)17-14-18-12-6-7-16-8-11(12)13(15)19-14/h2-5,16H,6-8H2,1H3,(H,17,18,19). The van der Waals surface area contributed by atoms with E-state index in [1.807, 2.05) is 24.3 Å². The molecule has 0 saturated carbocycles. The van der Waals surface area contributed by atoms with Gasteiger partial charge >= 0.3 is 0 Å². The van der Waals surface area contributed by atoms with Gasteiger partial charge in [-0.2, -0.15) is 0 Å². The number of fused-ring (bicyclic) bond motifs is 1. The van der Waals surface area contributed by atoms with Crippen LogP contribution in [0.25, 0.3) is 0 Å². The van der Waals surface area contributed by atoms with E-state index < -0.39 is 0 Å². The lowest BCUT2D eigenvalue weighted by Crippen LogP contribution is -2.25. The summed E-state index contributed by atoms with van der Waals surface area (Å²) >= 11 is 6.21. The molecule has 0 spiro atoms. The first-order valence-electron chi connectivity index (χ1n) is 6.32. The smallest absolute Gasteiger partial charge is 0.228 e. The van der Waals surface area contributed by atoms with Crippen molar-refractivity contribution < 1.29 is 0 Å². The number of halogens is 1. The quantitative estimate of drug-likeness (QED) is 0.827. The van der Waals surface area contributed by atoms with E-state index in [0.717, 1.165) is 36.5 Å². The largest absolute Gasteiger partial charge is 0.324 e. The Balaban J connectivity index is 1.89. The van der Waals surface area contributed by atoms with E-state index in [4.69, 9.17) is 11.6 Å². The molecule has 1 aromatic carbocycles. The van der Waals surface area contributed by atoms with Gasteiger partial charge in [0.2, 0.25) is 5.95 Å². The molecule has 2 aromatic rings. The molecule has 0 unspecified atom stereocenters. The minimum absolute atomic E-state index is 0.534. The normalized spacial score (nSPS) is 14.0. The summed E-state index contributed by atoms with van der Waals surface area (Å²) in [5.41, 5.74) is 4.24. The molecule has 0 fully saturated rings. The fourth-order valence-electron chi connectivity index (χ4n) is 2.12. The van der Waals surface area contributed by atoms with Crippen molar-refractivity contribution in [1.82, 2.24) is 15.3 Å². The van der Waals surface area contributed by atoms with E-state index in [1.54, 1.807) is 0 Å². The molecule has 4 nitrogen and oxygen atoms in total. The predicted molar refractivity (Wildman–Crippen MR) is 76.9 cm³/mol. The SMILES string of the molecule is Cc1ccc(Nc2nc(Cl)c3c(n2)CCNC3)cc1. The van der Waals surface area contributed by atoms with Crippen molar-refractivity contribution in [3.8, 4) is 0 Å². The van der Waals surface area contributed by atoms with Crippen LogP contribution in [0.1, 0.15) is 16.8 Å². The fourth-order valence-corrected chi connectivity index (χ4v) is 2.38. The van der Waals surface area contributed by atoms with Crippen molar-refractivity contribution in [2.45, 2.75) is 19.9 Å². The second-order valence-corrected chi connectivity index (χ2v) is 5.04. The Labute approximate surface area is 117 Å². The topological polar surface area (TPSA) is 49.8 Å². The predicted octanol–water partition coefficient (Wildman–Crippen LogP) is 2.83. The minimum Gasteiger partial charge on any atom is -0.324 e. The summed E-state index contributed by atoms with van der Waals surface area (Å²) in [6.45, 7) is 3.74. The van der Waals surface area contributed by atoms with Crippen LogP contribution in [0.3, 0.4) is 0 Å². The highest BCUT2D eigenvalue weighted by atomic mass is 35.5. The highest BCUT2D eigenvalue weighted by Gasteiger charge is 2.16. The zero-order valence-electron chi connectivity index (χ0n) is 10.7. The Hall–Kier alpha value is -1.65. The van der Waals surface area contributed by atoms with Gasteiger partial charge in [-0.25, -0.2) is 9.97 Å². The van der Waals surface area contributed by atoms with Gasteiger partial charge < -0.3 is 10.6 Å². The zero-order valence-corrected chi connectivity index (χ0v) is 11.5. The molecule has 3 rings (SSSR count). The molecule has 1 aromatic heterocycles.